The van der Waals surface area contributed by atoms with E-state index in [-0.39, 0.29) is 15.5 Å². The molecule has 0 unspecified atom stereocenters. The van der Waals surface area contributed by atoms with Crippen LogP contribution in [0.25, 0.3) is 0 Å². The van der Waals surface area contributed by atoms with E-state index in [1.54, 1.807) is 18.2 Å². The van der Waals surface area contributed by atoms with Gasteiger partial charge in [0.05, 0.1) is 10.5 Å². The zero-order chi connectivity index (χ0) is 12.3. The summed E-state index contributed by atoms with van der Waals surface area (Å²) in [6.07, 6.45) is 1.36. The average Bonchev–Trinajstić information content (AvgIpc) is 2.39. The topological polar surface area (TPSA) is 70.8 Å². The first-order chi connectivity index (χ1) is 8.16. The Morgan fingerprint density at radius 2 is 1.76 bits per heavy atom. The van der Waals surface area contributed by atoms with Crippen LogP contribution in [-0.4, -0.2) is 13.4 Å². The molecule has 2 rings (SSSR count). The van der Waals surface area contributed by atoms with Crippen LogP contribution >= 0.6 is 0 Å². The number of aromatic nitrogens is 1. The maximum Gasteiger partial charge on any atom is 0.225 e. The fraction of sp³-hybridized carbons (Fsp3) is 0. The van der Waals surface area contributed by atoms with E-state index in [2.05, 4.69) is 4.98 Å². The molecule has 0 spiro atoms. The first kappa shape index (κ1) is 11.3. The normalized spacial score (nSPS) is 10.8. The lowest BCUT2D eigenvalue weighted by molar-refractivity contribution is 0.592. The van der Waals surface area contributed by atoms with Crippen LogP contribution in [0.5, 0.6) is 0 Å². The summed E-state index contributed by atoms with van der Waals surface area (Å²) in [6, 6.07) is 12.7. The summed E-state index contributed by atoms with van der Waals surface area (Å²) in [4.78, 5) is 3.92. The minimum absolute atomic E-state index is 0.0522. The lowest BCUT2D eigenvalue weighted by Gasteiger charge is -2.04. The summed E-state index contributed by atoms with van der Waals surface area (Å²) in [5.74, 6) is 0. The Morgan fingerprint density at radius 1 is 1.06 bits per heavy atom. The molecule has 4 nitrogen and oxygen atoms in total. The van der Waals surface area contributed by atoms with Gasteiger partial charge in [0.25, 0.3) is 0 Å². The molecule has 0 saturated carbocycles. The Bertz CT molecular complexity index is 673. The molecule has 0 radical (unpaired) electrons. The molecule has 0 saturated heterocycles. The van der Waals surface area contributed by atoms with Gasteiger partial charge in [-0.05, 0) is 24.3 Å². The van der Waals surface area contributed by atoms with Crippen molar-refractivity contribution < 1.29 is 8.42 Å². The zero-order valence-electron chi connectivity index (χ0n) is 8.74. The van der Waals surface area contributed by atoms with E-state index in [1.165, 1.54) is 30.5 Å². The number of nitriles is 1. The molecule has 84 valence electrons. The zero-order valence-corrected chi connectivity index (χ0v) is 9.55. The van der Waals surface area contributed by atoms with E-state index in [9.17, 15) is 8.42 Å². The van der Waals surface area contributed by atoms with Gasteiger partial charge in [-0.1, -0.05) is 18.2 Å². The van der Waals surface area contributed by atoms with Crippen molar-refractivity contribution in [1.29, 1.82) is 5.26 Å². The largest absolute Gasteiger partial charge is 0.243 e. The van der Waals surface area contributed by atoms with Gasteiger partial charge < -0.3 is 0 Å². The van der Waals surface area contributed by atoms with Gasteiger partial charge in [0.2, 0.25) is 9.84 Å². The summed E-state index contributed by atoms with van der Waals surface area (Å²) in [5.41, 5.74) is 0.0522. The predicted molar refractivity (Wildman–Crippen MR) is 60.8 cm³/mol. The summed E-state index contributed by atoms with van der Waals surface area (Å²) >= 11 is 0. The molecule has 0 bridgehead atoms. The summed E-state index contributed by atoms with van der Waals surface area (Å²) < 4.78 is 24.4. The van der Waals surface area contributed by atoms with E-state index in [0.29, 0.717) is 0 Å². The van der Waals surface area contributed by atoms with Crippen LogP contribution in [0.4, 0.5) is 0 Å². The maximum absolute atomic E-state index is 12.2. The second-order valence-corrected chi connectivity index (χ2v) is 5.15. The van der Waals surface area contributed by atoms with Crippen molar-refractivity contribution in [2.45, 2.75) is 9.92 Å². The van der Waals surface area contributed by atoms with Gasteiger partial charge in [-0.15, -0.1) is 0 Å². The lowest BCUT2D eigenvalue weighted by Crippen LogP contribution is -2.06. The van der Waals surface area contributed by atoms with Crippen molar-refractivity contribution in [3.8, 4) is 6.07 Å². The lowest BCUT2D eigenvalue weighted by atomic mass is 10.3. The number of nitrogens with zero attached hydrogens (tertiary/aromatic N) is 2. The van der Waals surface area contributed by atoms with E-state index in [0.717, 1.165) is 0 Å². The van der Waals surface area contributed by atoms with Gasteiger partial charge in [0.15, 0.2) is 5.03 Å². The molecule has 0 amide bonds. The maximum atomic E-state index is 12.2. The molecule has 0 aliphatic carbocycles. The third-order valence-electron chi connectivity index (χ3n) is 2.20. The molecule has 0 fully saturated rings. The van der Waals surface area contributed by atoms with Gasteiger partial charge >= 0.3 is 0 Å². The van der Waals surface area contributed by atoms with E-state index in [1.807, 2.05) is 6.07 Å². The molecule has 0 aliphatic heterocycles. The van der Waals surface area contributed by atoms with E-state index >= 15 is 0 Å². The monoisotopic (exact) mass is 244 g/mol. The Labute approximate surface area is 99.1 Å². The molecular weight excluding hydrogens is 236 g/mol. The molecule has 1 aromatic heterocycles. The Balaban J connectivity index is 2.66. The molecule has 1 heterocycles. The second kappa shape index (κ2) is 4.36. The van der Waals surface area contributed by atoms with Crippen LogP contribution in [0.3, 0.4) is 0 Å². The van der Waals surface area contributed by atoms with Crippen molar-refractivity contribution in [3.05, 3.63) is 54.2 Å². The number of hydrogen-bond acceptors (Lipinski definition) is 4. The van der Waals surface area contributed by atoms with Gasteiger partial charge in [0.1, 0.15) is 6.07 Å². The predicted octanol–water partition coefficient (Wildman–Crippen LogP) is 1.79. The van der Waals surface area contributed by atoms with Crippen molar-refractivity contribution in [2.24, 2.45) is 0 Å². The van der Waals surface area contributed by atoms with E-state index < -0.39 is 9.84 Å². The van der Waals surface area contributed by atoms with Crippen molar-refractivity contribution in [1.82, 2.24) is 4.98 Å². The van der Waals surface area contributed by atoms with Crippen LogP contribution in [0, 0.1) is 11.3 Å². The van der Waals surface area contributed by atoms with Gasteiger partial charge in [-0.25, -0.2) is 13.4 Å². The quantitative estimate of drug-likeness (QED) is 0.807. The van der Waals surface area contributed by atoms with Crippen LogP contribution < -0.4 is 0 Å². The number of benzene rings is 1. The van der Waals surface area contributed by atoms with Crippen LogP contribution in [0.2, 0.25) is 0 Å². The highest BCUT2D eigenvalue weighted by molar-refractivity contribution is 7.91. The number of pyridine rings is 1. The molecular formula is C12H8N2O2S. The Kier molecular flexibility index (Phi) is 2.90. The van der Waals surface area contributed by atoms with E-state index in [4.69, 9.17) is 5.26 Å². The molecule has 17 heavy (non-hydrogen) atoms. The minimum atomic E-state index is -3.72. The van der Waals surface area contributed by atoms with Gasteiger partial charge in [0, 0.05) is 6.20 Å². The molecule has 0 N–H and O–H groups in total. The molecule has 2 aromatic rings. The molecule has 0 atom stereocenters. The summed E-state index contributed by atoms with van der Waals surface area (Å²) in [6.45, 7) is 0. The van der Waals surface area contributed by atoms with Crippen molar-refractivity contribution in [3.63, 3.8) is 0 Å². The SMILES string of the molecule is N#Cc1cccnc1S(=O)(=O)c1ccccc1. The van der Waals surface area contributed by atoms with Crippen LogP contribution in [-0.2, 0) is 9.84 Å². The molecule has 5 heteroatoms. The number of sulfone groups is 1. The molecule has 1 aromatic carbocycles. The van der Waals surface area contributed by atoms with Gasteiger partial charge in [-0.3, -0.25) is 0 Å². The number of hydrogen-bond donors (Lipinski definition) is 0. The summed E-state index contributed by atoms with van der Waals surface area (Å²) in [7, 11) is -3.72. The van der Waals surface area contributed by atoms with Crippen LogP contribution in [0.1, 0.15) is 5.56 Å². The fourth-order valence-electron chi connectivity index (χ4n) is 1.40. The first-order valence-corrected chi connectivity index (χ1v) is 6.30. The number of rotatable bonds is 2. The standard InChI is InChI=1S/C12H8N2O2S/c13-9-10-5-4-8-14-12(10)17(15,16)11-6-2-1-3-7-11/h1-8H. The van der Waals surface area contributed by atoms with Crippen LogP contribution in [0.15, 0.2) is 58.6 Å². The fourth-order valence-corrected chi connectivity index (χ4v) is 2.74. The second-order valence-electron chi connectivity index (χ2n) is 3.28. The highest BCUT2D eigenvalue weighted by atomic mass is 32.2. The third kappa shape index (κ3) is 2.03. The van der Waals surface area contributed by atoms with Crippen molar-refractivity contribution >= 4 is 9.84 Å². The highest BCUT2D eigenvalue weighted by Crippen LogP contribution is 2.20. The van der Waals surface area contributed by atoms with Crippen molar-refractivity contribution in [2.75, 3.05) is 0 Å². The Hall–Kier alpha value is -2.19. The third-order valence-corrected chi connectivity index (χ3v) is 3.93. The smallest absolute Gasteiger partial charge is 0.225 e. The summed E-state index contributed by atoms with van der Waals surface area (Å²) in [5, 5.41) is 8.67. The highest BCUT2D eigenvalue weighted by Gasteiger charge is 2.22. The minimum Gasteiger partial charge on any atom is -0.243 e. The average molecular weight is 244 g/mol. The Morgan fingerprint density at radius 3 is 2.41 bits per heavy atom. The van der Waals surface area contributed by atoms with Gasteiger partial charge in [-0.2, -0.15) is 5.26 Å². The first-order valence-electron chi connectivity index (χ1n) is 4.81. The molecule has 0 aliphatic rings.